The highest BCUT2D eigenvalue weighted by Gasteiger charge is 2.15. The van der Waals surface area contributed by atoms with Crippen LogP contribution in [-0.4, -0.2) is 16.1 Å². The number of unbranched alkanes of at least 4 members (excludes halogenated alkanes) is 1. The molecule has 0 aliphatic rings. The van der Waals surface area contributed by atoms with Gasteiger partial charge in [-0.2, -0.15) is 0 Å². The lowest BCUT2D eigenvalue weighted by Crippen LogP contribution is -2.10. The quantitative estimate of drug-likeness (QED) is 0.743. The smallest absolute Gasteiger partial charge is 0.293 e. The van der Waals surface area contributed by atoms with Gasteiger partial charge in [-0.3, -0.25) is 10.1 Å². The number of hydrogen-bond acceptors (Lipinski definition) is 5. The second-order valence-electron chi connectivity index (χ2n) is 4.85. The van der Waals surface area contributed by atoms with Gasteiger partial charge in [0.25, 0.3) is 5.91 Å². The molecule has 1 N–H and O–H groups in total. The van der Waals surface area contributed by atoms with Crippen LogP contribution in [-0.2, 0) is 6.42 Å². The fourth-order valence-corrected chi connectivity index (χ4v) is 2.98. The van der Waals surface area contributed by atoms with E-state index in [4.69, 9.17) is 16.0 Å². The first kappa shape index (κ1) is 15.0. The minimum absolute atomic E-state index is 0.225. The van der Waals surface area contributed by atoms with Gasteiger partial charge in [-0.1, -0.05) is 36.3 Å². The molecule has 0 fully saturated rings. The van der Waals surface area contributed by atoms with Gasteiger partial charge in [-0.25, -0.2) is 0 Å². The SMILES string of the molecule is CCCCc1nnc(NC(=O)c2cc3cc(Cl)ccc3o2)s1. The topological polar surface area (TPSA) is 68.0 Å². The largest absolute Gasteiger partial charge is 0.451 e. The summed E-state index contributed by atoms with van der Waals surface area (Å²) in [5.41, 5.74) is 0.621. The van der Waals surface area contributed by atoms with Crippen LogP contribution in [0.4, 0.5) is 5.13 Å². The summed E-state index contributed by atoms with van der Waals surface area (Å²) in [6.45, 7) is 2.12. The second-order valence-corrected chi connectivity index (χ2v) is 6.35. The molecule has 2 heterocycles. The summed E-state index contributed by atoms with van der Waals surface area (Å²) in [6, 6.07) is 6.88. The lowest BCUT2D eigenvalue weighted by molar-refractivity contribution is 0.0998. The molecule has 114 valence electrons. The zero-order valence-corrected chi connectivity index (χ0v) is 13.5. The van der Waals surface area contributed by atoms with Gasteiger partial charge in [0.2, 0.25) is 5.13 Å². The zero-order valence-electron chi connectivity index (χ0n) is 11.9. The second kappa shape index (κ2) is 6.46. The van der Waals surface area contributed by atoms with Crippen molar-refractivity contribution >= 4 is 44.9 Å². The van der Waals surface area contributed by atoms with Crippen molar-refractivity contribution in [1.82, 2.24) is 10.2 Å². The summed E-state index contributed by atoms with van der Waals surface area (Å²) in [5.74, 6) is -0.118. The number of hydrogen-bond donors (Lipinski definition) is 1. The highest BCUT2D eigenvalue weighted by molar-refractivity contribution is 7.15. The Morgan fingerprint density at radius 1 is 1.36 bits per heavy atom. The molecule has 7 heteroatoms. The first-order chi connectivity index (χ1) is 10.7. The summed E-state index contributed by atoms with van der Waals surface area (Å²) in [6.07, 6.45) is 3.04. The standard InChI is InChI=1S/C15H14ClN3O2S/c1-2-3-4-13-18-19-15(22-13)17-14(20)12-8-9-7-10(16)5-6-11(9)21-12/h5-8H,2-4H2,1H3,(H,17,19,20). The van der Waals surface area contributed by atoms with E-state index in [2.05, 4.69) is 22.4 Å². The van der Waals surface area contributed by atoms with Crippen LogP contribution < -0.4 is 5.32 Å². The van der Waals surface area contributed by atoms with E-state index in [1.54, 1.807) is 24.3 Å². The molecular formula is C15H14ClN3O2S. The van der Waals surface area contributed by atoms with Gasteiger partial charge < -0.3 is 4.42 Å². The Labute approximate surface area is 136 Å². The summed E-state index contributed by atoms with van der Waals surface area (Å²) < 4.78 is 5.51. The Hall–Kier alpha value is -1.92. The van der Waals surface area contributed by atoms with Crippen LogP contribution in [0, 0.1) is 0 Å². The van der Waals surface area contributed by atoms with Crippen LogP contribution in [0.3, 0.4) is 0 Å². The van der Waals surface area contributed by atoms with Crippen molar-refractivity contribution in [2.75, 3.05) is 5.32 Å². The minimum atomic E-state index is -0.342. The van der Waals surface area contributed by atoms with Crippen LogP contribution in [0.25, 0.3) is 11.0 Å². The third kappa shape index (κ3) is 3.28. The molecule has 0 spiro atoms. The van der Waals surface area contributed by atoms with Crippen LogP contribution in [0.2, 0.25) is 5.02 Å². The molecule has 3 rings (SSSR count). The number of amides is 1. The van der Waals surface area contributed by atoms with Gasteiger partial charge >= 0.3 is 0 Å². The lowest BCUT2D eigenvalue weighted by atomic mass is 10.2. The van der Waals surface area contributed by atoms with Crippen molar-refractivity contribution in [3.8, 4) is 0 Å². The van der Waals surface area contributed by atoms with E-state index < -0.39 is 0 Å². The van der Waals surface area contributed by atoms with Crippen molar-refractivity contribution in [2.24, 2.45) is 0 Å². The maximum Gasteiger partial charge on any atom is 0.293 e. The first-order valence-corrected chi connectivity index (χ1v) is 8.18. The van der Waals surface area contributed by atoms with E-state index in [9.17, 15) is 4.79 Å². The molecule has 1 amide bonds. The highest BCUT2D eigenvalue weighted by atomic mass is 35.5. The van der Waals surface area contributed by atoms with Gasteiger partial charge in [0.05, 0.1) is 0 Å². The monoisotopic (exact) mass is 335 g/mol. The average molecular weight is 336 g/mol. The normalized spacial score (nSPS) is 11.0. The number of nitrogens with one attached hydrogen (secondary N) is 1. The number of carbonyl (C=O) groups is 1. The number of aryl methyl sites for hydroxylation is 1. The Bertz CT molecular complexity index is 812. The summed E-state index contributed by atoms with van der Waals surface area (Å²) in [5, 5.41) is 13.5. The molecule has 1 aromatic carbocycles. The molecular weight excluding hydrogens is 322 g/mol. The molecule has 0 aliphatic carbocycles. The number of rotatable bonds is 5. The van der Waals surface area contributed by atoms with Gasteiger partial charge in [0, 0.05) is 16.8 Å². The molecule has 0 bridgehead atoms. The molecule has 0 atom stereocenters. The third-order valence-electron chi connectivity index (χ3n) is 3.13. The number of halogens is 1. The molecule has 22 heavy (non-hydrogen) atoms. The summed E-state index contributed by atoms with van der Waals surface area (Å²) in [7, 11) is 0. The molecule has 0 unspecified atom stereocenters. The fourth-order valence-electron chi connectivity index (χ4n) is 2.02. The molecule has 2 aromatic heterocycles. The van der Waals surface area contributed by atoms with Gasteiger partial charge in [0.15, 0.2) is 5.76 Å². The number of nitrogens with zero attached hydrogens (tertiary/aromatic N) is 2. The number of anilines is 1. The van der Waals surface area contributed by atoms with E-state index in [0.717, 1.165) is 29.7 Å². The van der Waals surface area contributed by atoms with Gasteiger partial charge in [-0.15, -0.1) is 10.2 Å². The molecule has 0 radical (unpaired) electrons. The van der Waals surface area contributed by atoms with E-state index in [-0.39, 0.29) is 11.7 Å². The Kier molecular flexibility index (Phi) is 4.40. The van der Waals surface area contributed by atoms with Crippen LogP contribution in [0.1, 0.15) is 35.3 Å². The minimum Gasteiger partial charge on any atom is -0.451 e. The number of benzene rings is 1. The van der Waals surface area contributed by atoms with Gasteiger partial charge in [-0.05, 0) is 30.7 Å². The predicted octanol–water partition coefficient (Wildman–Crippen LogP) is 4.53. The molecule has 0 saturated carbocycles. The van der Waals surface area contributed by atoms with Crippen molar-refractivity contribution in [2.45, 2.75) is 26.2 Å². The lowest BCUT2D eigenvalue weighted by Gasteiger charge is -1.96. The van der Waals surface area contributed by atoms with Crippen LogP contribution >= 0.6 is 22.9 Å². The maximum atomic E-state index is 12.2. The van der Waals surface area contributed by atoms with Gasteiger partial charge in [0.1, 0.15) is 10.6 Å². The molecule has 0 saturated heterocycles. The van der Waals surface area contributed by atoms with Crippen molar-refractivity contribution in [3.05, 3.63) is 40.1 Å². The molecule has 0 aliphatic heterocycles. The third-order valence-corrected chi connectivity index (χ3v) is 4.27. The highest BCUT2D eigenvalue weighted by Crippen LogP contribution is 2.24. The van der Waals surface area contributed by atoms with E-state index in [0.29, 0.717) is 15.7 Å². The summed E-state index contributed by atoms with van der Waals surface area (Å²) >= 11 is 7.31. The number of aromatic nitrogens is 2. The maximum absolute atomic E-state index is 12.2. The van der Waals surface area contributed by atoms with E-state index in [1.165, 1.54) is 11.3 Å². The molecule has 5 nitrogen and oxygen atoms in total. The van der Waals surface area contributed by atoms with Crippen molar-refractivity contribution < 1.29 is 9.21 Å². The molecule has 3 aromatic rings. The van der Waals surface area contributed by atoms with Crippen molar-refractivity contribution in [3.63, 3.8) is 0 Å². The Morgan fingerprint density at radius 2 is 2.23 bits per heavy atom. The van der Waals surface area contributed by atoms with Crippen LogP contribution in [0.15, 0.2) is 28.7 Å². The number of fused-ring (bicyclic) bond motifs is 1. The Morgan fingerprint density at radius 3 is 3.05 bits per heavy atom. The predicted molar refractivity (Wildman–Crippen MR) is 87.7 cm³/mol. The number of furan rings is 1. The average Bonchev–Trinajstić information content (AvgIpc) is 3.11. The number of carbonyl (C=O) groups excluding carboxylic acids is 1. The van der Waals surface area contributed by atoms with E-state index in [1.807, 2.05) is 0 Å². The summed E-state index contributed by atoms with van der Waals surface area (Å²) in [4.78, 5) is 12.2. The fraction of sp³-hybridized carbons (Fsp3) is 0.267. The zero-order chi connectivity index (χ0) is 15.5. The van der Waals surface area contributed by atoms with E-state index >= 15 is 0 Å². The van der Waals surface area contributed by atoms with Crippen LogP contribution in [0.5, 0.6) is 0 Å². The first-order valence-electron chi connectivity index (χ1n) is 6.98. The Balaban J connectivity index is 1.73. The van der Waals surface area contributed by atoms with Crippen molar-refractivity contribution in [1.29, 1.82) is 0 Å².